The van der Waals surface area contributed by atoms with Gasteiger partial charge in [-0.3, -0.25) is 4.79 Å². The number of halogens is 2. The molecule has 0 aliphatic carbocycles. The molecule has 0 fully saturated rings. The van der Waals surface area contributed by atoms with Gasteiger partial charge in [-0.2, -0.15) is 0 Å². The Hall–Kier alpha value is -0.210. The van der Waals surface area contributed by atoms with Crippen LogP contribution in [0.5, 0.6) is 0 Å². The van der Waals surface area contributed by atoms with Crippen molar-refractivity contribution in [2.45, 2.75) is 25.8 Å². The first-order chi connectivity index (χ1) is 8.30. The minimum atomic E-state index is -0.660. The van der Waals surface area contributed by atoms with Crippen LogP contribution in [0.15, 0.2) is 22.7 Å². The van der Waals surface area contributed by atoms with Crippen molar-refractivity contribution in [1.29, 1.82) is 0 Å². The zero-order valence-electron chi connectivity index (χ0n) is 10.1. The van der Waals surface area contributed by atoms with Crippen molar-refractivity contribution in [3.8, 4) is 0 Å². The highest BCUT2D eigenvalue weighted by atomic mass is 127. The lowest BCUT2D eigenvalue weighted by molar-refractivity contribution is 0.0925. The fourth-order valence-electron chi connectivity index (χ4n) is 1.31. The second-order valence-electron chi connectivity index (χ2n) is 4.13. The largest absolute Gasteiger partial charge is 0.391 e. The number of benzene rings is 1. The molecule has 6 heteroatoms. The van der Waals surface area contributed by atoms with Crippen LogP contribution in [0.2, 0.25) is 0 Å². The van der Waals surface area contributed by atoms with Gasteiger partial charge in [0.1, 0.15) is 0 Å². The molecule has 0 aliphatic heterocycles. The van der Waals surface area contributed by atoms with Gasteiger partial charge in [-0.05, 0) is 70.1 Å². The van der Waals surface area contributed by atoms with E-state index < -0.39 is 5.54 Å². The normalized spacial score (nSPS) is 13.8. The number of thiocarbonyl (C=S) groups is 1. The molecule has 1 aromatic carbocycles. The van der Waals surface area contributed by atoms with Crippen LogP contribution in [0.3, 0.4) is 0 Å². The molecular weight excluding hydrogens is 427 g/mol. The smallest absolute Gasteiger partial charge is 0.253 e. The van der Waals surface area contributed by atoms with E-state index in [1.165, 1.54) is 0 Å². The summed E-state index contributed by atoms with van der Waals surface area (Å²) in [7, 11) is 0. The van der Waals surface area contributed by atoms with Gasteiger partial charge < -0.3 is 11.1 Å². The van der Waals surface area contributed by atoms with Crippen LogP contribution in [-0.4, -0.2) is 16.4 Å². The predicted molar refractivity (Wildman–Crippen MR) is 89.8 cm³/mol. The third-order valence-electron chi connectivity index (χ3n) is 2.81. The molecule has 3 nitrogen and oxygen atoms in total. The van der Waals surface area contributed by atoms with E-state index in [-0.39, 0.29) is 5.91 Å². The maximum Gasteiger partial charge on any atom is 0.253 e. The average Bonchev–Trinajstić information content (AvgIpc) is 2.31. The van der Waals surface area contributed by atoms with Crippen LogP contribution < -0.4 is 11.1 Å². The standard InChI is InChI=1S/C12H14BrIN2OS/c1-3-12(2,11(15)18)16-10(17)8-6-7(14)4-5-9(8)13/h4-6H,3H2,1-2H3,(H2,15,18)(H,16,17). The van der Waals surface area contributed by atoms with Crippen molar-refractivity contribution in [2.24, 2.45) is 5.73 Å². The third kappa shape index (κ3) is 3.64. The molecule has 0 aliphatic rings. The minimum absolute atomic E-state index is 0.183. The second-order valence-corrected chi connectivity index (χ2v) is 6.67. The zero-order chi connectivity index (χ0) is 13.9. The van der Waals surface area contributed by atoms with Gasteiger partial charge in [0.25, 0.3) is 5.91 Å². The van der Waals surface area contributed by atoms with E-state index in [4.69, 9.17) is 18.0 Å². The summed E-state index contributed by atoms with van der Waals surface area (Å²) in [6.45, 7) is 3.76. The van der Waals surface area contributed by atoms with Crippen molar-refractivity contribution in [3.63, 3.8) is 0 Å². The van der Waals surface area contributed by atoms with Crippen LogP contribution in [-0.2, 0) is 0 Å². The number of hydrogen-bond acceptors (Lipinski definition) is 2. The molecule has 98 valence electrons. The predicted octanol–water partition coefficient (Wildman–Crippen LogP) is 3.24. The van der Waals surface area contributed by atoms with E-state index in [0.29, 0.717) is 17.0 Å². The lowest BCUT2D eigenvalue weighted by Gasteiger charge is -2.28. The van der Waals surface area contributed by atoms with Crippen LogP contribution in [0.1, 0.15) is 30.6 Å². The monoisotopic (exact) mass is 440 g/mol. The average molecular weight is 441 g/mol. The number of carbonyl (C=O) groups excluding carboxylic acids is 1. The fraction of sp³-hybridized carbons (Fsp3) is 0.333. The highest BCUT2D eigenvalue weighted by Gasteiger charge is 2.28. The van der Waals surface area contributed by atoms with Gasteiger partial charge in [0.05, 0.1) is 16.1 Å². The number of nitrogens with two attached hydrogens (primary N) is 1. The molecular formula is C12H14BrIN2OS. The molecule has 1 amide bonds. The number of carbonyl (C=O) groups is 1. The van der Waals surface area contributed by atoms with E-state index in [1.54, 1.807) is 0 Å². The second kappa shape index (κ2) is 6.29. The Morgan fingerprint density at radius 2 is 2.22 bits per heavy atom. The summed E-state index contributed by atoms with van der Waals surface area (Å²) in [5.74, 6) is -0.183. The molecule has 0 saturated heterocycles. The third-order valence-corrected chi connectivity index (χ3v) is 4.63. The van der Waals surface area contributed by atoms with Crippen molar-refractivity contribution < 1.29 is 4.79 Å². The molecule has 1 rings (SSSR count). The molecule has 1 atom stereocenters. The Morgan fingerprint density at radius 1 is 1.61 bits per heavy atom. The topological polar surface area (TPSA) is 55.1 Å². The maximum absolute atomic E-state index is 12.2. The quantitative estimate of drug-likeness (QED) is 0.558. The van der Waals surface area contributed by atoms with Gasteiger partial charge in [0.2, 0.25) is 0 Å². The number of hydrogen-bond donors (Lipinski definition) is 2. The zero-order valence-corrected chi connectivity index (χ0v) is 14.6. The summed E-state index contributed by atoms with van der Waals surface area (Å²) < 4.78 is 1.75. The summed E-state index contributed by atoms with van der Waals surface area (Å²) in [6.07, 6.45) is 0.648. The van der Waals surface area contributed by atoms with E-state index in [0.717, 1.165) is 8.04 Å². The summed E-state index contributed by atoms with van der Waals surface area (Å²) >= 11 is 10.5. The van der Waals surface area contributed by atoms with E-state index in [2.05, 4.69) is 43.8 Å². The number of nitrogens with one attached hydrogen (secondary N) is 1. The Morgan fingerprint density at radius 3 is 2.72 bits per heavy atom. The Bertz CT molecular complexity index is 495. The molecule has 18 heavy (non-hydrogen) atoms. The van der Waals surface area contributed by atoms with Crippen LogP contribution in [0, 0.1) is 3.57 Å². The SMILES string of the molecule is CCC(C)(NC(=O)c1cc(I)ccc1Br)C(N)=S. The lowest BCUT2D eigenvalue weighted by atomic mass is 9.98. The number of amides is 1. The molecule has 0 bridgehead atoms. The number of rotatable bonds is 4. The van der Waals surface area contributed by atoms with Gasteiger partial charge in [0.15, 0.2) is 0 Å². The van der Waals surface area contributed by atoms with E-state index in [9.17, 15) is 4.79 Å². The first-order valence-corrected chi connectivity index (χ1v) is 7.65. The summed E-state index contributed by atoms with van der Waals surface area (Å²) in [5, 5.41) is 2.89. The summed E-state index contributed by atoms with van der Waals surface area (Å²) in [6, 6.07) is 5.59. The molecule has 1 aromatic rings. The minimum Gasteiger partial charge on any atom is -0.391 e. The van der Waals surface area contributed by atoms with Crippen LogP contribution in [0.4, 0.5) is 0 Å². The van der Waals surface area contributed by atoms with Crippen LogP contribution >= 0.6 is 50.7 Å². The van der Waals surface area contributed by atoms with Gasteiger partial charge in [-0.1, -0.05) is 19.1 Å². The van der Waals surface area contributed by atoms with E-state index in [1.807, 2.05) is 32.0 Å². The first-order valence-electron chi connectivity index (χ1n) is 5.37. The lowest BCUT2D eigenvalue weighted by Crippen LogP contribution is -2.54. The van der Waals surface area contributed by atoms with Gasteiger partial charge in [-0.15, -0.1) is 0 Å². The van der Waals surface area contributed by atoms with Gasteiger partial charge in [0, 0.05) is 8.04 Å². The van der Waals surface area contributed by atoms with Gasteiger partial charge in [-0.25, -0.2) is 0 Å². The fourth-order valence-corrected chi connectivity index (χ4v) is 2.43. The van der Waals surface area contributed by atoms with Crippen LogP contribution in [0.25, 0.3) is 0 Å². The Labute approximate surface area is 134 Å². The summed E-state index contributed by atoms with van der Waals surface area (Å²) in [5.41, 5.74) is 5.60. The molecule has 0 heterocycles. The van der Waals surface area contributed by atoms with Gasteiger partial charge >= 0.3 is 0 Å². The Balaban J connectivity index is 3.02. The van der Waals surface area contributed by atoms with Crippen molar-refractivity contribution in [2.75, 3.05) is 0 Å². The molecule has 0 aromatic heterocycles. The molecule has 0 saturated carbocycles. The Kier molecular flexibility index (Phi) is 5.54. The highest BCUT2D eigenvalue weighted by molar-refractivity contribution is 14.1. The van der Waals surface area contributed by atoms with Crippen molar-refractivity contribution in [1.82, 2.24) is 5.32 Å². The molecule has 0 spiro atoms. The van der Waals surface area contributed by atoms with E-state index >= 15 is 0 Å². The highest BCUT2D eigenvalue weighted by Crippen LogP contribution is 2.21. The molecule has 3 N–H and O–H groups in total. The molecule has 0 radical (unpaired) electrons. The van der Waals surface area contributed by atoms with Crippen molar-refractivity contribution in [3.05, 3.63) is 31.8 Å². The first kappa shape index (κ1) is 15.8. The molecule has 1 unspecified atom stereocenters. The van der Waals surface area contributed by atoms with Crippen molar-refractivity contribution >= 4 is 61.6 Å². The maximum atomic E-state index is 12.2. The summed E-state index contributed by atoms with van der Waals surface area (Å²) in [4.78, 5) is 12.5.